The zero-order valence-electron chi connectivity index (χ0n) is 50.3. The third-order valence-electron chi connectivity index (χ3n) is 23.5. The van der Waals surface area contributed by atoms with Crippen LogP contribution in [0.4, 0.5) is 0 Å². The Morgan fingerprint density at radius 2 is 1.08 bits per heavy atom. The van der Waals surface area contributed by atoms with Crippen LogP contribution < -0.4 is 0 Å². The van der Waals surface area contributed by atoms with Gasteiger partial charge in [-0.25, -0.2) is 0 Å². The minimum atomic E-state index is -1.94. The van der Waals surface area contributed by atoms with Crippen LogP contribution in [0.3, 0.4) is 0 Å². The molecule has 10 aliphatic rings. The van der Waals surface area contributed by atoms with E-state index < -0.39 is 225 Å². The lowest BCUT2D eigenvalue weighted by molar-refractivity contribution is -0.394. The number of esters is 1. The smallest absolute Gasteiger partial charge is 0.314 e. The summed E-state index contributed by atoms with van der Waals surface area (Å²) in [6.07, 6.45) is -35.4. The van der Waals surface area contributed by atoms with E-state index in [0.717, 1.165) is 5.57 Å². The second-order valence-electron chi connectivity index (χ2n) is 28.5. The zero-order chi connectivity index (χ0) is 63.6. The number of ether oxygens (including phenoxy) is 10. The van der Waals surface area contributed by atoms with Gasteiger partial charge in [-0.2, -0.15) is 0 Å². The first kappa shape index (κ1) is 68.0. The van der Waals surface area contributed by atoms with Gasteiger partial charge in [0.05, 0.1) is 56.8 Å². The van der Waals surface area contributed by atoms with E-state index in [-0.39, 0.29) is 43.1 Å². The monoisotopic (exact) mass is 1250 g/mol. The maximum absolute atomic E-state index is 14.3. The molecule has 5 aliphatic carbocycles. The summed E-state index contributed by atoms with van der Waals surface area (Å²) in [6, 6.07) is 0. The van der Waals surface area contributed by atoms with E-state index in [1.807, 2.05) is 0 Å². The molecule has 5 aliphatic heterocycles. The SMILES string of the molecule is CC1OC(OC2C(OC3COC(OC4CCC5(C)C(CCC6(C)C5CC=C5C7CC(C)(C(=O)OC8OC(CO)C(O)C(O)C8O)CCC7(CO)C(O)CC56C)C4(C)C)C(OC4OC(CO)C(O)C(O)C4O)C3O)OC(CO)C(O)C2O)C(O)C(O)C1O. The zero-order valence-corrected chi connectivity index (χ0v) is 50.3. The Labute approximate surface area is 504 Å². The molecule has 17 N–H and O–H groups in total. The van der Waals surface area contributed by atoms with Crippen molar-refractivity contribution in [2.75, 3.05) is 33.0 Å². The summed E-state index contributed by atoms with van der Waals surface area (Å²) in [7, 11) is 0. The van der Waals surface area contributed by atoms with Gasteiger partial charge >= 0.3 is 5.97 Å². The largest absolute Gasteiger partial charge is 0.432 e. The van der Waals surface area contributed by atoms with Crippen molar-refractivity contribution in [3.05, 3.63) is 11.6 Å². The molecule has 0 aromatic heterocycles. The molecule has 4 saturated carbocycles. The molecular weight excluding hydrogens is 1160 g/mol. The predicted molar refractivity (Wildman–Crippen MR) is 291 cm³/mol. The molecule has 0 spiro atoms. The molecule has 87 heavy (non-hydrogen) atoms. The van der Waals surface area contributed by atoms with Crippen LogP contribution in [0.15, 0.2) is 11.6 Å². The Kier molecular flexibility index (Phi) is 19.7. The van der Waals surface area contributed by atoms with Gasteiger partial charge in [0.2, 0.25) is 6.29 Å². The predicted octanol–water partition coefficient (Wildman–Crippen LogP) is -4.60. The van der Waals surface area contributed by atoms with Gasteiger partial charge < -0.3 is 134 Å². The Bertz CT molecular complexity index is 2420. The van der Waals surface area contributed by atoms with Crippen molar-refractivity contribution in [2.24, 2.45) is 50.2 Å². The van der Waals surface area contributed by atoms with E-state index in [1.165, 1.54) is 6.92 Å². The first-order chi connectivity index (χ1) is 40.8. The minimum absolute atomic E-state index is 0.0179. The van der Waals surface area contributed by atoms with Crippen molar-refractivity contribution in [2.45, 2.75) is 266 Å². The molecule has 28 nitrogen and oxygen atoms in total. The molecule has 0 aromatic rings. The van der Waals surface area contributed by atoms with Crippen LogP contribution in [0.2, 0.25) is 0 Å². The third-order valence-corrected chi connectivity index (χ3v) is 23.5. The fourth-order valence-corrected chi connectivity index (χ4v) is 17.8. The molecule has 28 heteroatoms. The average Bonchev–Trinajstić information content (AvgIpc) is 1.13. The molecule has 0 amide bonds. The number of aliphatic hydroxyl groups is 17. The van der Waals surface area contributed by atoms with Gasteiger partial charge in [0.15, 0.2) is 25.2 Å². The summed E-state index contributed by atoms with van der Waals surface area (Å²) >= 11 is 0. The lowest BCUT2D eigenvalue weighted by Crippen LogP contribution is -2.68. The quantitative estimate of drug-likeness (QED) is 0.0442. The van der Waals surface area contributed by atoms with Crippen molar-refractivity contribution in [3.8, 4) is 0 Å². The lowest BCUT2D eigenvalue weighted by Gasteiger charge is -2.72. The number of rotatable bonds is 14. The van der Waals surface area contributed by atoms with Crippen molar-refractivity contribution < 1.29 is 139 Å². The van der Waals surface area contributed by atoms with Crippen LogP contribution in [0.1, 0.15) is 106 Å². The number of hydrogen-bond donors (Lipinski definition) is 17. The van der Waals surface area contributed by atoms with Gasteiger partial charge in [-0.1, -0.05) is 46.3 Å². The molecule has 34 unspecified atom stereocenters. The molecule has 5 saturated heterocycles. The van der Waals surface area contributed by atoms with Gasteiger partial charge in [0, 0.05) is 5.41 Å². The molecule has 0 radical (unpaired) electrons. The molecule has 34 atom stereocenters. The molecule has 10 rings (SSSR count). The lowest BCUT2D eigenvalue weighted by atomic mass is 9.33. The van der Waals surface area contributed by atoms with E-state index >= 15 is 0 Å². The van der Waals surface area contributed by atoms with Crippen LogP contribution in [0, 0.1) is 50.2 Å². The van der Waals surface area contributed by atoms with Gasteiger partial charge in [0.1, 0.15) is 110 Å². The Hall–Kier alpha value is -1.83. The highest BCUT2D eigenvalue weighted by molar-refractivity contribution is 5.77. The molecule has 9 fully saturated rings. The summed E-state index contributed by atoms with van der Waals surface area (Å²) in [4.78, 5) is 14.3. The summed E-state index contributed by atoms with van der Waals surface area (Å²) < 4.78 is 60.3. The topological polar surface area (TPSA) is 453 Å². The summed E-state index contributed by atoms with van der Waals surface area (Å²) in [5.41, 5.74) is -3.21. The summed E-state index contributed by atoms with van der Waals surface area (Å²) in [5.74, 6) is -1.19. The molecule has 5 heterocycles. The highest BCUT2D eigenvalue weighted by Gasteiger charge is 2.71. The second kappa shape index (κ2) is 25.1. The fourth-order valence-electron chi connectivity index (χ4n) is 17.8. The standard InChI is InChI=1S/C59H96O28/c1-23-34(65)39(70)43(74)48(79-23)86-47-42(73)37(68)28(20-62)82-52(47)83-29-21-78-51(46(38(29)69)85-49-44(75)40(71)35(66)26(18-60)80-49)84-33-11-12-56(5)30(54(33,2)3)10-13-57(6)31(56)9-8-24-25-16-55(4,14-15-59(25,22-63)32(64)17-58(24,57)7)53(77)87-50-45(76)41(72)36(67)27(19-61)81-50/h8,23,25-52,60-76H,9-22H2,1-7H3. The van der Waals surface area contributed by atoms with Crippen molar-refractivity contribution in [1.82, 2.24) is 0 Å². The van der Waals surface area contributed by atoms with E-state index in [1.54, 1.807) is 6.92 Å². The van der Waals surface area contributed by atoms with Crippen molar-refractivity contribution >= 4 is 5.97 Å². The van der Waals surface area contributed by atoms with Gasteiger partial charge in [-0.3, -0.25) is 4.79 Å². The van der Waals surface area contributed by atoms with Gasteiger partial charge in [-0.15, -0.1) is 0 Å². The number of carbonyl (C=O) groups excluding carboxylic acids is 1. The van der Waals surface area contributed by atoms with Crippen LogP contribution >= 0.6 is 0 Å². The maximum atomic E-state index is 14.3. The highest BCUT2D eigenvalue weighted by Crippen LogP contribution is 2.76. The first-order valence-corrected chi connectivity index (χ1v) is 30.9. The second-order valence-corrected chi connectivity index (χ2v) is 28.5. The highest BCUT2D eigenvalue weighted by atomic mass is 16.8. The van der Waals surface area contributed by atoms with Crippen molar-refractivity contribution in [1.29, 1.82) is 0 Å². The van der Waals surface area contributed by atoms with E-state index in [2.05, 4.69) is 40.7 Å². The van der Waals surface area contributed by atoms with Gasteiger partial charge in [0.25, 0.3) is 0 Å². The Morgan fingerprint density at radius 3 is 1.68 bits per heavy atom. The van der Waals surface area contributed by atoms with E-state index in [4.69, 9.17) is 47.4 Å². The van der Waals surface area contributed by atoms with Gasteiger partial charge in [-0.05, 0) is 111 Å². The minimum Gasteiger partial charge on any atom is -0.432 e. The Morgan fingerprint density at radius 1 is 0.540 bits per heavy atom. The molecule has 0 bridgehead atoms. The molecule has 0 aromatic carbocycles. The van der Waals surface area contributed by atoms with Crippen LogP contribution in [0.25, 0.3) is 0 Å². The average molecular weight is 1250 g/mol. The fraction of sp³-hybridized carbons (Fsp3) is 0.949. The van der Waals surface area contributed by atoms with Crippen molar-refractivity contribution in [3.63, 3.8) is 0 Å². The summed E-state index contributed by atoms with van der Waals surface area (Å²) in [5, 5.41) is 185. The van der Waals surface area contributed by atoms with Crippen LogP contribution in [0.5, 0.6) is 0 Å². The molecular formula is C59H96O28. The molecule has 500 valence electrons. The number of carbonyl (C=O) groups is 1. The van der Waals surface area contributed by atoms with E-state index in [9.17, 15) is 91.6 Å². The normalized spacial score (nSPS) is 55.1. The Balaban J connectivity index is 0.893. The third kappa shape index (κ3) is 11.2. The van der Waals surface area contributed by atoms with E-state index in [0.29, 0.717) is 38.5 Å². The summed E-state index contributed by atoms with van der Waals surface area (Å²) in [6.45, 7) is 10.9. The number of hydrogen-bond acceptors (Lipinski definition) is 28. The first-order valence-electron chi connectivity index (χ1n) is 30.9. The number of fused-ring (bicyclic) bond motifs is 7. The maximum Gasteiger partial charge on any atom is 0.314 e. The van der Waals surface area contributed by atoms with Crippen LogP contribution in [-0.2, 0) is 52.2 Å². The number of allylic oxidation sites excluding steroid dienone is 2. The van der Waals surface area contributed by atoms with Crippen LogP contribution in [-0.4, -0.2) is 285 Å². The number of aliphatic hydroxyl groups excluding tert-OH is 17.